The molecule has 1 amide bonds. The summed E-state index contributed by atoms with van der Waals surface area (Å²) in [5.41, 5.74) is 0. The normalized spacial score (nSPS) is 24.3. The van der Waals surface area contributed by atoms with Crippen LogP contribution < -0.4 is 5.32 Å². The highest BCUT2D eigenvalue weighted by Gasteiger charge is 2.33. The fourth-order valence-electron chi connectivity index (χ4n) is 2.56. The lowest BCUT2D eigenvalue weighted by atomic mass is 9.99. The van der Waals surface area contributed by atoms with Gasteiger partial charge < -0.3 is 10.2 Å². The van der Waals surface area contributed by atoms with Crippen molar-refractivity contribution in [2.24, 2.45) is 5.92 Å². The Morgan fingerprint density at radius 3 is 2.59 bits per heavy atom. The van der Waals surface area contributed by atoms with Crippen LogP contribution in [-0.4, -0.2) is 36.0 Å². The molecule has 0 spiro atoms. The number of amides is 1. The first-order valence-electron chi connectivity index (χ1n) is 7.11. The Morgan fingerprint density at radius 2 is 2.12 bits per heavy atom. The van der Waals surface area contributed by atoms with E-state index < -0.39 is 0 Å². The summed E-state index contributed by atoms with van der Waals surface area (Å²) >= 11 is 0. The molecule has 1 fully saturated rings. The highest BCUT2D eigenvalue weighted by molar-refractivity contribution is 5.80. The standard InChI is InChI=1S/C14H28N2O/c1-5-6-7-10-16(11(2)3)14(17)13-8-9-15-12(13)4/h11-13,15H,5-10H2,1-4H3. The van der Waals surface area contributed by atoms with Gasteiger partial charge in [0.1, 0.15) is 0 Å². The highest BCUT2D eigenvalue weighted by atomic mass is 16.2. The van der Waals surface area contributed by atoms with Crippen molar-refractivity contribution in [2.45, 2.75) is 65.5 Å². The van der Waals surface area contributed by atoms with E-state index >= 15 is 0 Å². The summed E-state index contributed by atoms with van der Waals surface area (Å²) in [6.45, 7) is 10.5. The number of carbonyl (C=O) groups excluding carboxylic acids is 1. The molecule has 0 aromatic carbocycles. The van der Waals surface area contributed by atoms with E-state index in [1.54, 1.807) is 0 Å². The summed E-state index contributed by atoms with van der Waals surface area (Å²) in [5, 5.41) is 3.36. The van der Waals surface area contributed by atoms with Crippen LogP contribution in [0.25, 0.3) is 0 Å². The van der Waals surface area contributed by atoms with E-state index in [0.29, 0.717) is 18.0 Å². The van der Waals surface area contributed by atoms with E-state index in [0.717, 1.165) is 25.9 Å². The summed E-state index contributed by atoms with van der Waals surface area (Å²) < 4.78 is 0. The molecular weight excluding hydrogens is 212 g/mol. The number of nitrogens with one attached hydrogen (secondary N) is 1. The van der Waals surface area contributed by atoms with Crippen molar-refractivity contribution >= 4 is 5.91 Å². The number of rotatable bonds is 6. The van der Waals surface area contributed by atoms with Crippen LogP contribution in [-0.2, 0) is 4.79 Å². The van der Waals surface area contributed by atoms with Crippen molar-refractivity contribution in [2.75, 3.05) is 13.1 Å². The molecule has 17 heavy (non-hydrogen) atoms. The van der Waals surface area contributed by atoms with E-state index in [-0.39, 0.29) is 5.92 Å². The predicted octanol–water partition coefficient (Wildman–Crippen LogP) is 2.41. The van der Waals surface area contributed by atoms with E-state index in [9.17, 15) is 4.79 Å². The lowest BCUT2D eigenvalue weighted by Gasteiger charge is -2.30. The topological polar surface area (TPSA) is 32.3 Å². The lowest BCUT2D eigenvalue weighted by molar-refractivity contribution is -0.137. The Morgan fingerprint density at radius 1 is 1.41 bits per heavy atom. The summed E-state index contributed by atoms with van der Waals surface area (Å²) in [4.78, 5) is 14.6. The fourth-order valence-corrected chi connectivity index (χ4v) is 2.56. The van der Waals surface area contributed by atoms with Gasteiger partial charge in [0.25, 0.3) is 0 Å². The highest BCUT2D eigenvalue weighted by Crippen LogP contribution is 2.20. The van der Waals surface area contributed by atoms with Gasteiger partial charge in [-0.15, -0.1) is 0 Å². The van der Waals surface area contributed by atoms with E-state index in [1.165, 1.54) is 12.8 Å². The molecule has 1 aliphatic rings. The molecule has 0 bridgehead atoms. The van der Waals surface area contributed by atoms with Crippen molar-refractivity contribution in [1.82, 2.24) is 10.2 Å². The van der Waals surface area contributed by atoms with E-state index in [1.807, 2.05) is 0 Å². The molecule has 2 unspecified atom stereocenters. The van der Waals surface area contributed by atoms with Crippen LogP contribution in [0.2, 0.25) is 0 Å². The van der Waals surface area contributed by atoms with Crippen LogP contribution in [0.4, 0.5) is 0 Å². The molecule has 1 N–H and O–H groups in total. The average molecular weight is 240 g/mol. The van der Waals surface area contributed by atoms with Gasteiger partial charge in [-0.1, -0.05) is 19.8 Å². The SMILES string of the molecule is CCCCCN(C(=O)C1CCNC1C)C(C)C. The van der Waals surface area contributed by atoms with Gasteiger partial charge in [-0.2, -0.15) is 0 Å². The zero-order chi connectivity index (χ0) is 12.8. The maximum atomic E-state index is 12.5. The molecule has 100 valence electrons. The van der Waals surface area contributed by atoms with Crippen LogP contribution in [0.15, 0.2) is 0 Å². The van der Waals surface area contributed by atoms with Gasteiger partial charge in [0.2, 0.25) is 5.91 Å². The van der Waals surface area contributed by atoms with Crippen molar-refractivity contribution in [3.8, 4) is 0 Å². The molecule has 1 aliphatic heterocycles. The third kappa shape index (κ3) is 3.98. The van der Waals surface area contributed by atoms with Gasteiger partial charge in [-0.3, -0.25) is 4.79 Å². The van der Waals surface area contributed by atoms with Crippen molar-refractivity contribution in [3.05, 3.63) is 0 Å². The van der Waals surface area contributed by atoms with Gasteiger partial charge in [-0.25, -0.2) is 0 Å². The zero-order valence-corrected chi connectivity index (χ0v) is 11.8. The Bertz CT molecular complexity index is 240. The van der Waals surface area contributed by atoms with Crippen LogP contribution >= 0.6 is 0 Å². The van der Waals surface area contributed by atoms with Gasteiger partial charge in [0.05, 0.1) is 5.92 Å². The third-order valence-corrected chi connectivity index (χ3v) is 3.75. The smallest absolute Gasteiger partial charge is 0.227 e. The van der Waals surface area contributed by atoms with E-state index in [2.05, 4.69) is 37.9 Å². The minimum Gasteiger partial charge on any atom is -0.340 e. The number of hydrogen-bond donors (Lipinski definition) is 1. The summed E-state index contributed by atoms with van der Waals surface area (Å²) in [5.74, 6) is 0.549. The molecule has 0 saturated carbocycles. The molecule has 1 rings (SSSR count). The molecule has 3 nitrogen and oxygen atoms in total. The minimum absolute atomic E-state index is 0.194. The van der Waals surface area contributed by atoms with Crippen LogP contribution in [0, 0.1) is 5.92 Å². The third-order valence-electron chi connectivity index (χ3n) is 3.75. The second-order valence-electron chi connectivity index (χ2n) is 5.47. The number of unbranched alkanes of at least 4 members (excludes halogenated alkanes) is 2. The summed E-state index contributed by atoms with van der Waals surface area (Å²) in [6, 6.07) is 0.669. The number of hydrogen-bond acceptors (Lipinski definition) is 2. The maximum Gasteiger partial charge on any atom is 0.227 e. The van der Waals surface area contributed by atoms with Crippen LogP contribution in [0.1, 0.15) is 53.4 Å². The number of nitrogens with zero attached hydrogens (tertiary/aromatic N) is 1. The first-order valence-corrected chi connectivity index (χ1v) is 7.11. The van der Waals surface area contributed by atoms with Gasteiger partial charge in [-0.05, 0) is 40.2 Å². The summed E-state index contributed by atoms with van der Waals surface area (Å²) in [6.07, 6.45) is 4.56. The van der Waals surface area contributed by atoms with Crippen molar-refractivity contribution < 1.29 is 4.79 Å². The van der Waals surface area contributed by atoms with Crippen molar-refractivity contribution in [1.29, 1.82) is 0 Å². The van der Waals surface area contributed by atoms with Gasteiger partial charge in [0.15, 0.2) is 0 Å². The van der Waals surface area contributed by atoms with E-state index in [4.69, 9.17) is 0 Å². The summed E-state index contributed by atoms with van der Waals surface area (Å²) in [7, 11) is 0. The molecule has 0 aliphatic carbocycles. The average Bonchev–Trinajstić information content (AvgIpc) is 2.69. The molecule has 0 aromatic heterocycles. The van der Waals surface area contributed by atoms with Crippen LogP contribution in [0.5, 0.6) is 0 Å². The first-order chi connectivity index (χ1) is 8.07. The first kappa shape index (κ1) is 14.5. The molecule has 0 aromatic rings. The Labute approximate surface area is 106 Å². The molecular formula is C14H28N2O. The van der Waals surface area contributed by atoms with Crippen molar-refractivity contribution in [3.63, 3.8) is 0 Å². The largest absolute Gasteiger partial charge is 0.340 e. The van der Waals surface area contributed by atoms with Gasteiger partial charge >= 0.3 is 0 Å². The Balaban J connectivity index is 2.53. The Kier molecular flexibility index (Phi) is 5.96. The Hall–Kier alpha value is -0.570. The number of carbonyl (C=O) groups is 1. The van der Waals surface area contributed by atoms with Crippen LogP contribution in [0.3, 0.4) is 0 Å². The second-order valence-corrected chi connectivity index (χ2v) is 5.47. The van der Waals surface area contributed by atoms with Gasteiger partial charge in [0, 0.05) is 18.6 Å². The second kappa shape index (κ2) is 7.00. The monoisotopic (exact) mass is 240 g/mol. The molecule has 1 saturated heterocycles. The molecule has 2 atom stereocenters. The maximum absolute atomic E-state index is 12.5. The molecule has 3 heteroatoms. The molecule has 0 radical (unpaired) electrons. The quantitative estimate of drug-likeness (QED) is 0.723. The lowest BCUT2D eigenvalue weighted by Crippen LogP contribution is -2.44. The predicted molar refractivity (Wildman–Crippen MR) is 71.9 cm³/mol. The molecule has 1 heterocycles. The zero-order valence-electron chi connectivity index (χ0n) is 11.8. The minimum atomic E-state index is 0.194. The fraction of sp³-hybridized carbons (Fsp3) is 0.929.